The van der Waals surface area contributed by atoms with Gasteiger partial charge in [-0.2, -0.15) is 0 Å². The maximum Gasteiger partial charge on any atom is 0.0252 e. The van der Waals surface area contributed by atoms with Crippen LogP contribution in [0.2, 0.25) is 0 Å². The average molecular weight is 266 g/mol. The molecule has 0 aromatic rings. The average Bonchev–Trinajstić information content (AvgIpc) is 2.62. The van der Waals surface area contributed by atoms with Crippen LogP contribution in [0.5, 0.6) is 0 Å². The fourth-order valence-corrected chi connectivity index (χ4v) is 4.17. The van der Waals surface area contributed by atoms with Gasteiger partial charge in [0.25, 0.3) is 0 Å². The van der Waals surface area contributed by atoms with Gasteiger partial charge in [-0.3, -0.25) is 4.90 Å². The van der Waals surface area contributed by atoms with E-state index in [9.17, 15) is 0 Å². The summed E-state index contributed by atoms with van der Waals surface area (Å²) >= 11 is 0. The van der Waals surface area contributed by atoms with Crippen molar-refractivity contribution in [2.75, 3.05) is 13.1 Å². The van der Waals surface area contributed by atoms with E-state index in [1.807, 2.05) is 0 Å². The number of likely N-dealkylation sites (tertiary alicyclic amines) is 1. The summed E-state index contributed by atoms with van der Waals surface area (Å²) in [5.41, 5.74) is 0. The summed E-state index contributed by atoms with van der Waals surface area (Å²) in [6, 6.07) is 2.34. The zero-order chi connectivity index (χ0) is 13.7. The molecule has 0 radical (unpaired) electrons. The molecule has 112 valence electrons. The zero-order valence-electron chi connectivity index (χ0n) is 13.3. The van der Waals surface area contributed by atoms with Crippen molar-refractivity contribution >= 4 is 0 Å². The van der Waals surface area contributed by atoms with Crippen LogP contribution in [0.4, 0.5) is 0 Å². The first kappa shape index (κ1) is 15.3. The quantitative estimate of drug-likeness (QED) is 0.779. The maximum absolute atomic E-state index is 3.85. The molecule has 0 aromatic heterocycles. The monoisotopic (exact) mass is 266 g/mol. The number of piperidine rings is 1. The molecule has 4 atom stereocenters. The fraction of sp³-hybridized carbons (Fsp3) is 1.00. The smallest absolute Gasteiger partial charge is 0.0252 e. The standard InChI is InChI=1S/C17H34N2/c1-4-11-18-16-8-6-5-7-9-17(16)19-12-10-14(2)13-15(19)3/h14-18H,4-13H2,1-3H3. The van der Waals surface area contributed by atoms with Gasteiger partial charge in [0.2, 0.25) is 0 Å². The first-order valence-corrected chi connectivity index (χ1v) is 8.71. The van der Waals surface area contributed by atoms with E-state index in [0.29, 0.717) is 0 Å². The van der Waals surface area contributed by atoms with Gasteiger partial charge in [-0.1, -0.05) is 33.1 Å². The number of rotatable bonds is 4. The lowest BCUT2D eigenvalue weighted by Crippen LogP contribution is -2.55. The Labute approximate surface area is 120 Å². The first-order valence-electron chi connectivity index (χ1n) is 8.71. The Morgan fingerprint density at radius 2 is 1.84 bits per heavy atom. The normalized spacial score (nSPS) is 38.1. The van der Waals surface area contributed by atoms with Crippen molar-refractivity contribution in [2.45, 2.75) is 90.3 Å². The second kappa shape index (κ2) is 7.64. The van der Waals surface area contributed by atoms with Crippen molar-refractivity contribution in [1.82, 2.24) is 10.2 Å². The van der Waals surface area contributed by atoms with E-state index >= 15 is 0 Å². The lowest BCUT2D eigenvalue weighted by atomic mass is 9.89. The summed E-state index contributed by atoms with van der Waals surface area (Å²) in [6.45, 7) is 9.69. The van der Waals surface area contributed by atoms with Crippen molar-refractivity contribution < 1.29 is 0 Å². The van der Waals surface area contributed by atoms with E-state index < -0.39 is 0 Å². The van der Waals surface area contributed by atoms with Crippen LogP contribution < -0.4 is 5.32 Å². The Kier molecular flexibility index (Phi) is 6.15. The fourth-order valence-electron chi connectivity index (χ4n) is 4.17. The highest BCUT2D eigenvalue weighted by Crippen LogP contribution is 2.30. The van der Waals surface area contributed by atoms with E-state index in [1.165, 1.54) is 64.5 Å². The minimum Gasteiger partial charge on any atom is -0.312 e. The molecule has 2 aliphatic rings. The Bertz CT molecular complexity index is 254. The van der Waals surface area contributed by atoms with Gasteiger partial charge in [-0.05, 0) is 58.0 Å². The summed E-state index contributed by atoms with van der Waals surface area (Å²) in [5, 5.41) is 3.85. The molecule has 0 aromatic carbocycles. The molecule has 2 heteroatoms. The topological polar surface area (TPSA) is 15.3 Å². The van der Waals surface area contributed by atoms with Crippen LogP contribution in [0, 0.1) is 5.92 Å². The molecule has 1 saturated carbocycles. The molecule has 1 aliphatic carbocycles. The molecule has 1 aliphatic heterocycles. The Balaban J connectivity index is 1.99. The summed E-state index contributed by atoms with van der Waals surface area (Å²) in [4.78, 5) is 2.85. The van der Waals surface area contributed by atoms with Gasteiger partial charge in [0.05, 0.1) is 0 Å². The van der Waals surface area contributed by atoms with Gasteiger partial charge < -0.3 is 5.32 Å². The summed E-state index contributed by atoms with van der Waals surface area (Å²) in [6.07, 6.45) is 11.2. The second-order valence-electron chi connectivity index (χ2n) is 6.98. The van der Waals surface area contributed by atoms with Crippen molar-refractivity contribution in [1.29, 1.82) is 0 Å². The summed E-state index contributed by atoms with van der Waals surface area (Å²) < 4.78 is 0. The van der Waals surface area contributed by atoms with E-state index in [-0.39, 0.29) is 0 Å². The van der Waals surface area contributed by atoms with Crippen LogP contribution >= 0.6 is 0 Å². The summed E-state index contributed by atoms with van der Waals surface area (Å²) in [5.74, 6) is 0.930. The van der Waals surface area contributed by atoms with Crippen LogP contribution in [-0.4, -0.2) is 36.1 Å². The van der Waals surface area contributed by atoms with Crippen LogP contribution in [0.3, 0.4) is 0 Å². The molecule has 0 spiro atoms. The first-order chi connectivity index (χ1) is 9.22. The predicted molar refractivity (Wildman–Crippen MR) is 83.5 cm³/mol. The van der Waals surface area contributed by atoms with E-state index in [4.69, 9.17) is 0 Å². The lowest BCUT2D eigenvalue weighted by molar-refractivity contribution is 0.0578. The minimum absolute atomic E-state index is 0.748. The van der Waals surface area contributed by atoms with Crippen molar-refractivity contribution in [3.63, 3.8) is 0 Å². The Morgan fingerprint density at radius 3 is 2.58 bits per heavy atom. The molecular formula is C17H34N2. The van der Waals surface area contributed by atoms with Gasteiger partial charge in [0.15, 0.2) is 0 Å². The molecule has 2 nitrogen and oxygen atoms in total. The molecule has 0 bridgehead atoms. The van der Waals surface area contributed by atoms with Gasteiger partial charge in [0, 0.05) is 18.1 Å². The van der Waals surface area contributed by atoms with Crippen LogP contribution in [-0.2, 0) is 0 Å². The van der Waals surface area contributed by atoms with Crippen molar-refractivity contribution in [2.24, 2.45) is 5.92 Å². The Hall–Kier alpha value is -0.0800. The van der Waals surface area contributed by atoms with Crippen LogP contribution in [0.1, 0.15) is 72.1 Å². The molecule has 1 saturated heterocycles. The number of hydrogen-bond acceptors (Lipinski definition) is 2. The maximum atomic E-state index is 3.85. The third kappa shape index (κ3) is 4.19. The minimum atomic E-state index is 0.748. The Morgan fingerprint density at radius 1 is 1.05 bits per heavy atom. The molecule has 1 N–H and O–H groups in total. The largest absolute Gasteiger partial charge is 0.312 e. The third-order valence-electron chi connectivity index (χ3n) is 5.25. The lowest BCUT2D eigenvalue weighted by Gasteiger charge is -2.44. The summed E-state index contributed by atoms with van der Waals surface area (Å²) in [7, 11) is 0. The molecule has 4 unspecified atom stereocenters. The van der Waals surface area contributed by atoms with E-state index in [2.05, 4.69) is 31.0 Å². The van der Waals surface area contributed by atoms with Crippen LogP contribution in [0.25, 0.3) is 0 Å². The van der Waals surface area contributed by atoms with Crippen LogP contribution in [0.15, 0.2) is 0 Å². The zero-order valence-corrected chi connectivity index (χ0v) is 13.3. The molecular weight excluding hydrogens is 232 g/mol. The SMILES string of the molecule is CCCNC1CCCCCC1N1CCC(C)CC1C. The highest BCUT2D eigenvalue weighted by atomic mass is 15.2. The number of hydrogen-bond donors (Lipinski definition) is 1. The number of nitrogens with zero attached hydrogens (tertiary/aromatic N) is 1. The van der Waals surface area contributed by atoms with Gasteiger partial charge in [-0.25, -0.2) is 0 Å². The van der Waals surface area contributed by atoms with Gasteiger partial charge in [-0.15, -0.1) is 0 Å². The highest BCUT2D eigenvalue weighted by Gasteiger charge is 2.33. The third-order valence-corrected chi connectivity index (χ3v) is 5.25. The molecule has 0 amide bonds. The molecule has 2 rings (SSSR count). The van der Waals surface area contributed by atoms with Crippen molar-refractivity contribution in [3.05, 3.63) is 0 Å². The predicted octanol–water partition coefficient (Wildman–Crippen LogP) is 3.81. The van der Waals surface area contributed by atoms with Crippen molar-refractivity contribution in [3.8, 4) is 0 Å². The number of nitrogens with one attached hydrogen (secondary N) is 1. The molecule has 1 heterocycles. The van der Waals surface area contributed by atoms with E-state index in [0.717, 1.165) is 24.0 Å². The van der Waals surface area contributed by atoms with Gasteiger partial charge >= 0.3 is 0 Å². The van der Waals surface area contributed by atoms with Gasteiger partial charge in [0.1, 0.15) is 0 Å². The molecule has 2 fully saturated rings. The molecule has 19 heavy (non-hydrogen) atoms. The second-order valence-corrected chi connectivity index (χ2v) is 6.98. The highest BCUT2D eigenvalue weighted by molar-refractivity contribution is 4.91. The van der Waals surface area contributed by atoms with E-state index in [1.54, 1.807) is 0 Å².